The van der Waals surface area contributed by atoms with Crippen molar-refractivity contribution >= 4 is 5.96 Å². The summed E-state index contributed by atoms with van der Waals surface area (Å²) in [5.41, 5.74) is 2.58. The summed E-state index contributed by atoms with van der Waals surface area (Å²) in [7, 11) is 1.79. The van der Waals surface area contributed by atoms with E-state index in [0.717, 1.165) is 51.7 Å². The zero-order chi connectivity index (χ0) is 15.6. The highest BCUT2D eigenvalue weighted by Gasteiger charge is 2.15. The minimum atomic E-state index is 0.290. The first-order chi connectivity index (χ1) is 10.8. The third-order valence-corrected chi connectivity index (χ3v) is 3.79. The number of aryl methyl sites for hydroxylation is 1. The normalized spacial score (nSPS) is 18.5. The van der Waals surface area contributed by atoms with Gasteiger partial charge in [-0.2, -0.15) is 0 Å². The van der Waals surface area contributed by atoms with Gasteiger partial charge in [0.05, 0.1) is 12.7 Å². The average Bonchev–Trinajstić information content (AvgIpc) is 3.05. The van der Waals surface area contributed by atoms with Gasteiger partial charge in [0.2, 0.25) is 0 Å². The summed E-state index contributed by atoms with van der Waals surface area (Å²) in [5, 5.41) is 6.65. The third-order valence-electron chi connectivity index (χ3n) is 3.79. The molecule has 1 aliphatic heterocycles. The van der Waals surface area contributed by atoms with Crippen LogP contribution in [0.15, 0.2) is 29.3 Å². The number of hydrogen-bond acceptors (Lipinski definition) is 3. The van der Waals surface area contributed by atoms with Crippen LogP contribution in [0.3, 0.4) is 0 Å². The van der Waals surface area contributed by atoms with Gasteiger partial charge in [0.1, 0.15) is 0 Å². The van der Waals surface area contributed by atoms with Gasteiger partial charge in [-0.1, -0.05) is 24.3 Å². The Kier molecular flexibility index (Phi) is 7.19. The van der Waals surface area contributed by atoms with Gasteiger partial charge in [0.25, 0.3) is 0 Å². The Labute approximate surface area is 133 Å². The molecule has 122 valence electrons. The number of hydrogen-bond donors (Lipinski definition) is 2. The van der Waals surface area contributed by atoms with Crippen molar-refractivity contribution in [3.63, 3.8) is 0 Å². The number of rotatable bonds is 7. The van der Waals surface area contributed by atoms with Crippen molar-refractivity contribution in [1.29, 1.82) is 0 Å². The van der Waals surface area contributed by atoms with Gasteiger partial charge in [-0.05, 0) is 30.9 Å². The molecule has 1 atom stereocenters. The van der Waals surface area contributed by atoms with Crippen LogP contribution in [0.1, 0.15) is 24.0 Å². The molecule has 0 amide bonds. The number of guanidine groups is 1. The van der Waals surface area contributed by atoms with Crippen LogP contribution in [0, 0.1) is 6.92 Å². The molecular formula is C17H27N3O2. The Balaban J connectivity index is 1.60. The predicted molar refractivity (Wildman–Crippen MR) is 89.2 cm³/mol. The summed E-state index contributed by atoms with van der Waals surface area (Å²) in [6.45, 7) is 6.09. The van der Waals surface area contributed by atoms with E-state index in [9.17, 15) is 0 Å². The second kappa shape index (κ2) is 9.43. The van der Waals surface area contributed by atoms with Gasteiger partial charge < -0.3 is 20.1 Å². The molecule has 22 heavy (non-hydrogen) atoms. The van der Waals surface area contributed by atoms with Crippen LogP contribution in [0.4, 0.5) is 0 Å². The summed E-state index contributed by atoms with van der Waals surface area (Å²) < 4.78 is 11.0. The molecule has 0 saturated carbocycles. The molecule has 2 N–H and O–H groups in total. The first-order valence-electron chi connectivity index (χ1n) is 7.98. The van der Waals surface area contributed by atoms with Gasteiger partial charge in [-0.25, -0.2) is 0 Å². The molecule has 5 nitrogen and oxygen atoms in total. The van der Waals surface area contributed by atoms with Gasteiger partial charge in [-0.3, -0.25) is 4.99 Å². The van der Waals surface area contributed by atoms with Crippen LogP contribution in [0.25, 0.3) is 0 Å². The monoisotopic (exact) mass is 305 g/mol. The van der Waals surface area contributed by atoms with Crippen molar-refractivity contribution in [3.05, 3.63) is 35.4 Å². The molecule has 1 aliphatic rings. The average molecular weight is 305 g/mol. The minimum absolute atomic E-state index is 0.290. The fourth-order valence-electron chi connectivity index (χ4n) is 2.38. The zero-order valence-corrected chi connectivity index (χ0v) is 13.6. The van der Waals surface area contributed by atoms with E-state index in [2.05, 4.69) is 46.8 Å². The van der Waals surface area contributed by atoms with Crippen molar-refractivity contribution in [1.82, 2.24) is 10.6 Å². The van der Waals surface area contributed by atoms with Crippen molar-refractivity contribution in [2.45, 2.75) is 32.4 Å². The SMILES string of the molecule is CN=C(NCCCOC1CCOC1)NCc1ccccc1C. The zero-order valence-electron chi connectivity index (χ0n) is 13.6. The lowest BCUT2D eigenvalue weighted by Gasteiger charge is -2.14. The van der Waals surface area contributed by atoms with E-state index in [1.54, 1.807) is 7.05 Å². The first-order valence-corrected chi connectivity index (χ1v) is 7.98. The standard InChI is InChI=1S/C17H27N3O2/c1-14-6-3-4-7-15(14)12-20-17(18-2)19-9-5-10-22-16-8-11-21-13-16/h3-4,6-7,16H,5,8-13H2,1-2H3,(H2,18,19,20). The molecule has 0 aliphatic carbocycles. The quantitative estimate of drug-likeness (QED) is 0.459. The van der Waals surface area contributed by atoms with E-state index in [-0.39, 0.29) is 0 Å². The molecule has 1 heterocycles. The van der Waals surface area contributed by atoms with Gasteiger partial charge in [-0.15, -0.1) is 0 Å². The van der Waals surface area contributed by atoms with Crippen LogP contribution in [0.2, 0.25) is 0 Å². The van der Waals surface area contributed by atoms with Gasteiger partial charge in [0, 0.05) is 33.4 Å². The topological polar surface area (TPSA) is 54.9 Å². The predicted octanol–water partition coefficient (Wildman–Crippen LogP) is 1.86. The van der Waals surface area contributed by atoms with Crippen LogP contribution in [0.5, 0.6) is 0 Å². The number of nitrogens with zero attached hydrogens (tertiary/aromatic N) is 1. The lowest BCUT2D eigenvalue weighted by atomic mass is 10.1. The molecular weight excluding hydrogens is 278 g/mol. The van der Waals surface area contributed by atoms with Crippen molar-refractivity contribution < 1.29 is 9.47 Å². The fourth-order valence-corrected chi connectivity index (χ4v) is 2.38. The maximum absolute atomic E-state index is 5.74. The van der Waals surface area contributed by atoms with Crippen molar-refractivity contribution in [2.24, 2.45) is 4.99 Å². The molecule has 0 radical (unpaired) electrons. The van der Waals surface area contributed by atoms with Gasteiger partial charge >= 0.3 is 0 Å². The highest BCUT2D eigenvalue weighted by Crippen LogP contribution is 2.08. The largest absolute Gasteiger partial charge is 0.379 e. The van der Waals surface area contributed by atoms with E-state index in [4.69, 9.17) is 9.47 Å². The van der Waals surface area contributed by atoms with E-state index < -0.39 is 0 Å². The molecule has 1 unspecified atom stereocenters. The second-order valence-electron chi connectivity index (χ2n) is 5.49. The summed E-state index contributed by atoms with van der Waals surface area (Å²) in [4.78, 5) is 4.24. The Hall–Kier alpha value is -1.59. The number of aliphatic imine (C=N–C) groups is 1. The Bertz CT molecular complexity index is 471. The van der Waals surface area contributed by atoms with Crippen LogP contribution in [-0.4, -0.2) is 45.5 Å². The molecule has 1 aromatic carbocycles. The summed E-state index contributed by atoms with van der Waals surface area (Å²) in [6, 6.07) is 8.37. The highest BCUT2D eigenvalue weighted by atomic mass is 16.5. The Morgan fingerprint density at radius 3 is 2.95 bits per heavy atom. The Morgan fingerprint density at radius 2 is 2.23 bits per heavy atom. The van der Waals surface area contributed by atoms with E-state index in [0.29, 0.717) is 6.10 Å². The molecule has 0 aromatic heterocycles. The van der Waals surface area contributed by atoms with Gasteiger partial charge in [0.15, 0.2) is 5.96 Å². The Morgan fingerprint density at radius 1 is 1.36 bits per heavy atom. The van der Waals surface area contributed by atoms with Crippen LogP contribution >= 0.6 is 0 Å². The first kappa shape index (κ1) is 16.8. The smallest absolute Gasteiger partial charge is 0.191 e. The fraction of sp³-hybridized carbons (Fsp3) is 0.588. The van der Waals surface area contributed by atoms with E-state index in [1.165, 1.54) is 11.1 Å². The van der Waals surface area contributed by atoms with Crippen molar-refractivity contribution in [3.8, 4) is 0 Å². The second-order valence-corrected chi connectivity index (χ2v) is 5.49. The minimum Gasteiger partial charge on any atom is -0.379 e. The number of ether oxygens (including phenoxy) is 2. The maximum Gasteiger partial charge on any atom is 0.191 e. The van der Waals surface area contributed by atoms with E-state index >= 15 is 0 Å². The van der Waals surface area contributed by atoms with Crippen LogP contribution in [-0.2, 0) is 16.0 Å². The molecule has 1 fully saturated rings. The molecule has 5 heteroatoms. The number of benzene rings is 1. The van der Waals surface area contributed by atoms with Crippen LogP contribution < -0.4 is 10.6 Å². The molecule has 1 aromatic rings. The third kappa shape index (κ3) is 5.66. The molecule has 1 saturated heterocycles. The van der Waals surface area contributed by atoms with Crippen molar-refractivity contribution in [2.75, 3.05) is 33.4 Å². The highest BCUT2D eigenvalue weighted by molar-refractivity contribution is 5.79. The number of nitrogens with one attached hydrogen (secondary N) is 2. The lowest BCUT2D eigenvalue weighted by Crippen LogP contribution is -2.37. The summed E-state index contributed by atoms with van der Waals surface area (Å²) in [5.74, 6) is 0.826. The summed E-state index contributed by atoms with van der Waals surface area (Å²) in [6.07, 6.45) is 2.27. The maximum atomic E-state index is 5.74. The molecule has 0 spiro atoms. The lowest BCUT2D eigenvalue weighted by molar-refractivity contribution is 0.0420. The molecule has 0 bridgehead atoms. The molecule has 2 rings (SSSR count). The summed E-state index contributed by atoms with van der Waals surface area (Å²) >= 11 is 0. The van der Waals surface area contributed by atoms with E-state index in [1.807, 2.05) is 0 Å².